The highest BCUT2D eigenvalue weighted by Gasteiger charge is 2.23. The van der Waals surface area contributed by atoms with Gasteiger partial charge in [-0.25, -0.2) is 4.98 Å². The average Bonchev–Trinajstić information content (AvgIpc) is 2.75. The molecule has 0 aliphatic carbocycles. The SMILES string of the molecule is CC(C)(C)NCc1ncoc1C1CCOCC1. The highest BCUT2D eigenvalue weighted by atomic mass is 16.5. The number of nitrogens with one attached hydrogen (secondary N) is 1. The molecule has 4 nitrogen and oxygen atoms in total. The summed E-state index contributed by atoms with van der Waals surface area (Å²) in [5.74, 6) is 1.52. The lowest BCUT2D eigenvalue weighted by Gasteiger charge is -2.23. The fourth-order valence-electron chi connectivity index (χ4n) is 2.05. The van der Waals surface area contributed by atoms with E-state index in [4.69, 9.17) is 9.15 Å². The van der Waals surface area contributed by atoms with Gasteiger partial charge in [-0.2, -0.15) is 0 Å². The van der Waals surface area contributed by atoms with Gasteiger partial charge in [0, 0.05) is 31.2 Å². The number of aromatic nitrogens is 1. The van der Waals surface area contributed by atoms with E-state index in [-0.39, 0.29) is 5.54 Å². The predicted molar refractivity (Wildman–Crippen MR) is 65.9 cm³/mol. The van der Waals surface area contributed by atoms with Crippen molar-refractivity contribution in [3.63, 3.8) is 0 Å². The standard InChI is InChI=1S/C13H22N2O2/c1-13(2,3)15-8-11-12(17-9-14-11)10-4-6-16-7-5-10/h9-10,15H,4-8H2,1-3H3. The Morgan fingerprint density at radius 1 is 1.35 bits per heavy atom. The van der Waals surface area contributed by atoms with Crippen LogP contribution in [-0.2, 0) is 11.3 Å². The van der Waals surface area contributed by atoms with Crippen molar-refractivity contribution in [2.24, 2.45) is 0 Å². The first-order chi connectivity index (χ1) is 8.06. The Hall–Kier alpha value is -0.870. The molecule has 1 aromatic rings. The van der Waals surface area contributed by atoms with Gasteiger partial charge in [-0.3, -0.25) is 0 Å². The van der Waals surface area contributed by atoms with Crippen LogP contribution < -0.4 is 5.32 Å². The number of rotatable bonds is 3. The molecule has 1 saturated heterocycles. The molecule has 0 atom stereocenters. The normalized spacial score (nSPS) is 18.5. The van der Waals surface area contributed by atoms with Crippen LogP contribution in [0.4, 0.5) is 0 Å². The predicted octanol–water partition coefficient (Wildman–Crippen LogP) is 2.46. The number of oxazole rings is 1. The molecule has 1 fully saturated rings. The van der Waals surface area contributed by atoms with Crippen molar-refractivity contribution in [2.45, 2.75) is 51.6 Å². The van der Waals surface area contributed by atoms with Crippen molar-refractivity contribution in [1.82, 2.24) is 10.3 Å². The summed E-state index contributed by atoms with van der Waals surface area (Å²) in [6, 6.07) is 0. The van der Waals surface area contributed by atoms with Crippen LogP contribution in [0, 0.1) is 0 Å². The fraction of sp³-hybridized carbons (Fsp3) is 0.769. The first-order valence-electron chi connectivity index (χ1n) is 6.31. The second kappa shape index (κ2) is 5.19. The van der Waals surface area contributed by atoms with Crippen molar-refractivity contribution in [2.75, 3.05) is 13.2 Å². The molecule has 0 radical (unpaired) electrons. The van der Waals surface area contributed by atoms with Crippen molar-refractivity contribution in [1.29, 1.82) is 0 Å². The summed E-state index contributed by atoms with van der Waals surface area (Å²) < 4.78 is 10.9. The zero-order valence-corrected chi connectivity index (χ0v) is 11.0. The fourth-order valence-corrected chi connectivity index (χ4v) is 2.05. The first kappa shape index (κ1) is 12.6. The molecule has 0 unspecified atom stereocenters. The van der Waals surface area contributed by atoms with E-state index in [0.717, 1.165) is 44.1 Å². The van der Waals surface area contributed by atoms with E-state index in [0.29, 0.717) is 5.92 Å². The van der Waals surface area contributed by atoms with Crippen LogP contribution in [0.1, 0.15) is 51.0 Å². The lowest BCUT2D eigenvalue weighted by atomic mass is 9.96. The van der Waals surface area contributed by atoms with E-state index >= 15 is 0 Å². The minimum Gasteiger partial charge on any atom is -0.448 e. The van der Waals surface area contributed by atoms with Crippen molar-refractivity contribution in [3.05, 3.63) is 17.8 Å². The third-order valence-electron chi connectivity index (χ3n) is 3.05. The summed E-state index contributed by atoms with van der Waals surface area (Å²) in [4.78, 5) is 4.32. The Morgan fingerprint density at radius 2 is 2.06 bits per heavy atom. The Kier molecular flexibility index (Phi) is 3.84. The van der Waals surface area contributed by atoms with Gasteiger partial charge in [0.25, 0.3) is 0 Å². The van der Waals surface area contributed by atoms with Gasteiger partial charge in [-0.15, -0.1) is 0 Å². The summed E-state index contributed by atoms with van der Waals surface area (Å²) in [5.41, 5.74) is 1.15. The van der Waals surface area contributed by atoms with E-state index in [1.165, 1.54) is 0 Å². The van der Waals surface area contributed by atoms with E-state index in [2.05, 4.69) is 31.1 Å². The van der Waals surface area contributed by atoms with Gasteiger partial charge in [-0.1, -0.05) is 0 Å². The van der Waals surface area contributed by atoms with Crippen LogP contribution in [0.25, 0.3) is 0 Å². The minimum absolute atomic E-state index is 0.103. The Balaban J connectivity index is 2.00. The van der Waals surface area contributed by atoms with Gasteiger partial charge in [0.15, 0.2) is 6.39 Å². The molecule has 17 heavy (non-hydrogen) atoms. The molecule has 1 aromatic heterocycles. The molecule has 2 heterocycles. The van der Waals surface area contributed by atoms with Gasteiger partial charge in [0.05, 0.1) is 5.69 Å². The zero-order valence-electron chi connectivity index (χ0n) is 11.0. The van der Waals surface area contributed by atoms with E-state index in [1.807, 2.05) is 0 Å². The molecule has 0 spiro atoms. The molecule has 0 aromatic carbocycles. The van der Waals surface area contributed by atoms with Crippen molar-refractivity contribution >= 4 is 0 Å². The average molecular weight is 238 g/mol. The summed E-state index contributed by atoms with van der Waals surface area (Å²) in [6.07, 6.45) is 3.64. The van der Waals surface area contributed by atoms with Gasteiger partial charge in [0.2, 0.25) is 0 Å². The molecule has 96 valence electrons. The zero-order chi connectivity index (χ0) is 12.3. The Bertz CT molecular complexity index is 349. The smallest absolute Gasteiger partial charge is 0.181 e. The highest BCUT2D eigenvalue weighted by molar-refractivity contribution is 5.13. The van der Waals surface area contributed by atoms with Gasteiger partial charge in [0.1, 0.15) is 5.76 Å². The van der Waals surface area contributed by atoms with Gasteiger partial charge in [-0.05, 0) is 33.6 Å². The lowest BCUT2D eigenvalue weighted by Crippen LogP contribution is -2.35. The second-order valence-corrected chi connectivity index (χ2v) is 5.65. The summed E-state index contributed by atoms with van der Waals surface area (Å²) >= 11 is 0. The number of ether oxygens (including phenoxy) is 1. The van der Waals surface area contributed by atoms with E-state index < -0.39 is 0 Å². The van der Waals surface area contributed by atoms with Crippen LogP contribution in [0.3, 0.4) is 0 Å². The molecular weight excluding hydrogens is 216 g/mol. The third kappa shape index (κ3) is 3.54. The topological polar surface area (TPSA) is 47.3 Å². The first-order valence-corrected chi connectivity index (χ1v) is 6.31. The van der Waals surface area contributed by atoms with Crippen LogP contribution in [-0.4, -0.2) is 23.7 Å². The van der Waals surface area contributed by atoms with Gasteiger partial charge < -0.3 is 14.5 Å². The Labute approximate surface area is 103 Å². The van der Waals surface area contributed by atoms with Crippen LogP contribution in [0.5, 0.6) is 0 Å². The maximum Gasteiger partial charge on any atom is 0.181 e. The summed E-state index contributed by atoms with van der Waals surface area (Å²) in [6.45, 7) is 8.89. The Morgan fingerprint density at radius 3 is 2.71 bits per heavy atom. The monoisotopic (exact) mass is 238 g/mol. The third-order valence-corrected chi connectivity index (χ3v) is 3.05. The van der Waals surface area contributed by atoms with Crippen LogP contribution in [0.2, 0.25) is 0 Å². The molecular formula is C13H22N2O2. The molecule has 1 aliphatic heterocycles. The van der Waals surface area contributed by atoms with Crippen LogP contribution in [0.15, 0.2) is 10.8 Å². The maximum atomic E-state index is 5.56. The van der Waals surface area contributed by atoms with Crippen molar-refractivity contribution in [3.8, 4) is 0 Å². The summed E-state index contributed by atoms with van der Waals surface area (Å²) in [5, 5.41) is 3.45. The molecule has 1 aliphatic rings. The van der Waals surface area contributed by atoms with E-state index in [1.54, 1.807) is 6.39 Å². The number of hydrogen-bond donors (Lipinski definition) is 1. The highest BCUT2D eigenvalue weighted by Crippen LogP contribution is 2.29. The molecule has 4 heteroatoms. The molecule has 2 rings (SSSR count). The number of nitrogens with zero attached hydrogens (tertiary/aromatic N) is 1. The van der Waals surface area contributed by atoms with E-state index in [9.17, 15) is 0 Å². The second-order valence-electron chi connectivity index (χ2n) is 5.65. The molecule has 0 saturated carbocycles. The van der Waals surface area contributed by atoms with Gasteiger partial charge >= 0.3 is 0 Å². The van der Waals surface area contributed by atoms with Crippen LogP contribution >= 0.6 is 0 Å². The maximum absolute atomic E-state index is 5.56. The van der Waals surface area contributed by atoms with Crippen molar-refractivity contribution < 1.29 is 9.15 Å². The molecule has 1 N–H and O–H groups in total. The lowest BCUT2D eigenvalue weighted by molar-refractivity contribution is 0.0803. The molecule has 0 bridgehead atoms. The summed E-state index contributed by atoms with van der Waals surface area (Å²) in [7, 11) is 0. The number of hydrogen-bond acceptors (Lipinski definition) is 4. The largest absolute Gasteiger partial charge is 0.448 e. The quantitative estimate of drug-likeness (QED) is 0.878. The molecule has 0 amide bonds. The minimum atomic E-state index is 0.103.